The van der Waals surface area contributed by atoms with Crippen LogP contribution in [0.2, 0.25) is 0 Å². The first-order valence-electron chi connectivity index (χ1n) is 21.8. The molecule has 4 heterocycles. The van der Waals surface area contributed by atoms with Crippen LogP contribution in [0.1, 0.15) is 155 Å². The van der Waals surface area contributed by atoms with Gasteiger partial charge in [0.2, 0.25) is 6.29 Å². The summed E-state index contributed by atoms with van der Waals surface area (Å²) in [5, 5.41) is 9.18. The molecule has 0 bridgehead atoms. The van der Waals surface area contributed by atoms with Crippen LogP contribution in [0.4, 0.5) is 0 Å². The Balaban J connectivity index is -0.000000231. The number of carbonyl (C=O) groups excluding carboxylic acids is 3. The maximum absolute atomic E-state index is 10.7. The number of rotatable bonds is 10. The Kier molecular flexibility index (Phi) is 39.9. The standard InChI is InChI=1S/C14H22O2.C11H16O3.C9H13ClO.C9H14O2.C4H6O3.C3H4.C2H2.CH4.ClH/c1-5-8-9-10-15-13-11-12(4)14(6-2,7-3)16-13;1-5-11(6-2)8(3)7-10(14-11)13-9(4)12;2*1-4-9(5-2)7(3)6-8(10)11-9;1-3(5)7-4(2)6;1-3-2;1-2;;/h2,5,12-13H,1,7-11H2,3-4H3;1,8,10H,6-7H2,2-4H3;1,7-8H,5-6H2,2-3H3;1,7-8,10H,5-6H2,2-3H3;1-2H3;1H,2H3;1-2H;1H4;1H/t12-,13?,14+;8-,10?,11+;2*7-,8?,9+;;;;;/m0000...../s1. The number of terminal acetylenes is 6. The van der Waals surface area contributed by atoms with Crippen molar-refractivity contribution >= 4 is 41.9 Å². The molecule has 4 aliphatic rings. The summed E-state index contributed by atoms with van der Waals surface area (Å²) >= 11 is 5.83. The van der Waals surface area contributed by atoms with Gasteiger partial charge in [-0.3, -0.25) is 14.4 Å². The molecule has 0 saturated carbocycles. The van der Waals surface area contributed by atoms with Crippen molar-refractivity contribution in [2.45, 2.75) is 202 Å². The highest BCUT2D eigenvalue weighted by Gasteiger charge is 2.46. The van der Waals surface area contributed by atoms with E-state index < -0.39 is 46.9 Å². The number of hydrogen-bond donors (Lipinski definition) is 1. The molecule has 0 spiro atoms. The highest BCUT2D eigenvalue weighted by Crippen LogP contribution is 2.41. The Morgan fingerprint density at radius 3 is 1.27 bits per heavy atom. The summed E-state index contributed by atoms with van der Waals surface area (Å²) in [4.78, 5) is 30.4. The van der Waals surface area contributed by atoms with Crippen molar-refractivity contribution in [1.82, 2.24) is 0 Å². The molecule has 4 unspecified atom stereocenters. The van der Waals surface area contributed by atoms with Gasteiger partial charge in [-0.05, 0) is 51.9 Å². The summed E-state index contributed by atoms with van der Waals surface area (Å²) in [5.74, 6) is 12.8. The molecule has 13 heteroatoms. The summed E-state index contributed by atoms with van der Waals surface area (Å²) in [6.45, 7) is 26.1. The molecule has 0 radical (unpaired) electrons. The van der Waals surface area contributed by atoms with Gasteiger partial charge in [0.25, 0.3) is 0 Å². The highest BCUT2D eigenvalue weighted by atomic mass is 35.5. The number of hydrogen-bond acceptors (Lipinski definition) is 11. The van der Waals surface area contributed by atoms with Crippen molar-refractivity contribution < 1.29 is 52.6 Å². The molecule has 0 amide bonds. The summed E-state index contributed by atoms with van der Waals surface area (Å²) in [6.07, 6.45) is 43.2. The normalized spacial score (nSPS) is 31.4. The molecule has 66 heavy (non-hydrogen) atoms. The average molecular weight is 966 g/mol. The van der Waals surface area contributed by atoms with Gasteiger partial charge in [-0.25, -0.2) is 0 Å². The number of unbranched alkanes of at least 4 members (excludes halogenated alkanes) is 1. The van der Waals surface area contributed by atoms with Crippen molar-refractivity contribution in [1.29, 1.82) is 0 Å². The number of carbonyl (C=O) groups is 3. The van der Waals surface area contributed by atoms with Crippen molar-refractivity contribution in [2.75, 3.05) is 6.61 Å². The van der Waals surface area contributed by atoms with E-state index in [0.29, 0.717) is 31.3 Å². The Hall–Kier alpha value is -3.95. The largest absolute Gasteiger partial charge is 0.436 e. The second kappa shape index (κ2) is 37.1. The molecule has 4 fully saturated rings. The third-order valence-electron chi connectivity index (χ3n) is 11.3. The van der Waals surface area contributed by atoms with Crippen LogP contribution in [-0.4, -0.2) is 76.5 Å². The van der Waals surface area contributed by atoms with E-state index in [1.54, 1.807) is 6.92 Å². The van der Waals surface area contributed by atoms with E-state index in [1.165, 1.54) is 20.8 Å². The Labute approximate surface area is 412 Å². The van der Waals surface area contributed by atoms with Crippen LogP contribution in [0.5, 0.6) is 0 Å². The molecular formula is C53H82Cl2O11. The Morgan fingerprint density at radius 1 is 0.682 bits per heavy atom. The van der Waals surface area contributed by atoms with Crippen LogP contribution in [0, 0.1) is 98.2 Å². The quantitative estimate of drug-likeness (QED) is 0.0560. The minimum absolute atomic E-state index is 0. The number of ether oxygens (including phenoxy) is 7. The number of esters is 3. The SMILES string of the molecule is C.C#C.C#CC.C#C[C@]1(CC)OC(Cl)C[C@@H]1C.C#C[C@]1(CC)OC(O)C[C@@H]1C.C#C[C@]1(CC)OC(OC(C)=O)C[C@@H]1C.C#C[C@]1(CC)OC(OCCCC=C)C[C@@H]1C.CC(=O)OC(C)=O.Cl. The number of allylic oxidation sites excluding steroid dienone is 1. The van der Waals surface area contributed by atoms with E-state index in [-0.39, 0.29) is 49.5 Å². The fourth-order valence-corrected chi connectivity index (χ4v) is 7.79. The van der Waals surface area contributed by atoms with Crippen molar-refractivity contribution in [3.8, 4) is 74.6 Å². The lowest BCUT2D eigenvalue weighted by atomic mass is 9.87. The van der Waals surface area contributed by atoms with E-state index in [1.807, 2.05) is 40.7 Å². The zero-order valence-corrected chi connectivity index (χ0v) is 42.6. The van der Waals surface area contributed by atoms with Gasteiger partial charge in [-0.1, -0.05) is 104 Å². The molecule has 374 valence electrons. The maximum Gasteiger partial charge on any atom is 0.310 e. The van der Waals surface area contributed by atoms with Gasteiger partial charge in [0.1, 0.15) is 28.0 Å². The molecule has 11 nitrogen and oxygen atoms in total. The Morgan fingerprint density at radius 2 is 1.03 bits per heavy atom. The number of aliphatic hydroxyl groups excluding tert-OH is 1. The lowest BCUT2D eigenvalue weighted by Crippen LogP contribution is -2.32. The zero-order valence-electron chi connectivity index (χ0n) is 41.0. The van der Waals surface area contributed by atoms with E-state index in [2.05, 4.69) is 81.0 Å². The molecule has 4 aliphatic heterocycles. The topological polar surface area (TPSA) is 136 Å². The first kappa shape index (κ1) is 71.1. The smallest absolute Gasteiger partial charge is 0.310 e. The summed E-state index contributed by atoms with van der Waals surface area (Å²) in [5.41, 5.74) is -2.07. The van der Waals surface area contributed by atoms with Crippen molar-refractivity contribution in [3.63, 3.8) is 0 Å². The third kappa shape index (κ3) is 23.7. The van der Waals surface area contributed by atoms with Crippen LogP contribution in [0.25, 0.3) is 0 Å². The van der Waals surface area contributed by atoms with Crippen LogP contribution < -0.4 is 0 Å². The zero-order chi connectivity index (χ0) is 50.3. The van der Waals surface area contributed by atoms with Crippen LogP contribution in [-0.2, 0) is 47.5 Å². The summed E-state index contributed by atoms with van der Waals surface area (Å²) in [6, 6.07) is 0. The van der Waals surface area contributed by atoms with Crippen LogP contribution in [0.3, 0.4) is 0 Å². The van der Waals surface area contributed by atoms with Gasteiger partial charge in [0.15, 0.2) is 12.6 Å². The second-order valence-corrected chi connectivity index (χ2v) is 16.1. The predicted octanol–water partition coefficient (Wildman–Crippen LogP) is 10.4. The predicted molar refractivity (Wildman–Crippen MR) is 268 cm³/mol. The number of alkyl halides is 1. The molecule has 0 aromatic carbocycles. The van der Waals surface area contributed by atoms with Gasteiger partial charge in [-0.2, -0.15) is 0 Å². The van der Waals surface area contributed by atoms with Gasteiger partial charge in [0, 0.05) is 63.7 Å². The maximum atomic E-state index is 10.7. The molecule has 0 aromatic rings. The average Bonchev–Trinajstić information content (AvgIpc) is 3.95. The molecular weight excluding hydrogens is 883 g/mol. The molecule has 0 aromatic heterocycles. The van der Waals surface area contributed by atoms with Gasteiger partial charge in [-0.15, -0.1) is 69.9 Å². The molecule has 4 saturated heterocycles. The number of halogens is 2. The molecule has 12 atom stereocenters. The first-order valence-corrected chi connectivity index (χ1v) is 22.2. The minimum Gasteiger partial charge on any atom is -0.436 e. The third-order valence-corrected chi connectivity index (χ3v) is 11.5. The van der Waals surface area contributed by atoms with Gasteiger partial charge < -0.3 is 38.3 Å². The second-order valence-electron chi connectivity index (χ2n) is 15.6. The van der Waals surface area contributed by atoms with Crippen LogP contribution in [0.15, 0.2) is 12.7 Å². The first-order chi connectivity index (χ1) is 30.0. The van der Waals surface area contributed by atoms with Crippen molar-refractivity contribution in [2.24, 2.45) is 23.7 Å². The van der Waals surface area contributed by atoms with E-state index in [9.17, 15) is 19.5 Å². The number of aliphatic hydroxyl groups is 1. The van der Waals surface area contributed by atoms with E-state index in [0.717, 1.165) is 51.4 Å². The lowest BCUT2D eigenvalue weighted by molar-refractivity contribution is -0.179. The lowest BCUT2D eigenvalue weighted by Gasteiger charge is -2.25. The fourth-order valence-electron chi connectivity index (χ4n) is 7.36. The minimum atomic E-state index is -0.666. The monoisotopic (exact) mass is 965 g/mol. The Bertz CT molecular complexity index is 1590. The van der Waals surface area contributed by atoms with Gasteiger partial charge in [0.05, 0.1) is 6.61 Å². The fraction of sp³-hybridized carbons (Fsp3) is 0.679. The van der Waals surface area contributed by atoms with E-state index >= 15 is 0 Å². The molecule has 4 rings (SSSR count). The molecule has 0 aliphatic carbocycles. The van der Waals surface area contributed by atoms with Crippen molar-refractivity contribution in [3.05, 3.63) is 12.7 Å². The summed E-state index contributed by atoms with van der Waals surface area (Å²) < 4.78 is 36.8. The summed E-state index contributed by atoms with van der Waals surface area (Å²) in [7, 11) is 0. The highest BCUT2D eigenvalue weighted by molar-refractivity contribution is 6.19. The van der Waals surface area contributed by atoms with E-state index in [4.69, 9.17) is 65.7 Å². The van der Waals surface area contributed by atoms with Gasteiger partial charge >= 0.3 is 17.9 Å². The molecule has 1 N–H and O–H groups in total. The van der Waals surface area contributed by atoms with Crippen LogP contribution >= 0.6 is 24.0 Å².